The molecular weight excluding hydrogens is 348 g/mol. The number of halogens is 1. The van der Waals surface area contributed by atoms with E-state index >= 15 is 0 Å². The van der Waals surface area contributed by atoms with Crippen LogP contribution in [0.5, 0.6) is 0 Å². The van der Waals surface area contributed by atoms with Gasteiger partial charge in [-0.1, -0.05) is 29.3 Å². The van der Waals surface area contributed by atoms with Crippen molar-refractivity contribution in [3.05, 3.63) is 76.1 Å². The number of nitrogens with one attached hydrogen (secondary N) is 2. The van der Waals surface area contributed by atoms with Crippen molar-refractivity contribution in [1.29, 1.82) is 0 Å². The summed E-state index contributed by atoms with van der Waals surface area (Å²) in [5.41, 5.74) is 5.09. The van der Waals surface area contributed by atoms with E-state index in [2.05, 4.69) is 20.6 Å². The second kappa shape index (κ2) is 7.54. The molecule has 0 atom stereocenters. The van der Waals surface area contributed by atoms with E-state index in [1.807, 2.05) is 45.0 Å². The van der Waals surface area contributed by atoms with Crippen LogP contribution in [0, 0.1) is 20.8 Å². The fourth-order valence-electron chi connectivity index (χ4n) is 2.76. The number of carbonyl (C=O) groups is 1. The zero-order chi connectivity index (χ0) is 18.7. The number of benzene rings is 2. The molecule has 132 valence electrons. The summed E-state index contributed by atoms with van der Waals surface area (Å²) in [6.45, 7) is 5.98. The number of nitrogens with zero attached hydrogens (tertiary/aromatic N) is 2. The van der Waals surface area contributed by atoms with Crippen molar-refractivity contribution in [3.63, 3.8) is 0 Å². The molecule has 0 aliphatic heterocycles. The zero-order valence-electron chi connectivity index (χ0n) is 14.8. The van der Waals surface area contributed by atoms with Crippen LogP contribution in [0.2, 0.25) is 5.02 Å². The average molecular weight is 367 g/mol. The third kappa shape index (κ3) is 4.18. The summed E-state index contributed by atoms with van der Waals surface area (Å²) in [6.07, 6.45) is 1.55. The van der Waals surface area contributed by atoms with Gasteiger partial charge in [-0.2, -0.15) is 0 Å². The van der Waals surface area contributed by atoms with Gasteiger partial charge in [0.05, 0.1) is 0 Å². The van der Waals surface area contributed by atoms with Gasteiger partial charge < -0.3 is 10.6 Å². The van der Waals surface area contributed by atoms with Gasteiger partial charge in [-0.15, -0.1) is 0 Å². The Morgan fingerprint density at radius 2 is 1.65 bits per heavy atom. The summed E-state index contributed by atoms with van der Waals surface area (Å²) in [7, 11) is 0. The van der Waals surface area contributed by atoms with E-state index in [1.54, 1.807) is 24.4 Å². The maximum Gasteiger partial charge on any atom is 0.274 e. The monoisotopic (exact) mass is 366 g/mol. The lowest BCUT2D eigenvalue weighted by Gasteiger charge is -2.13. The fraction of sp³-hybridized carbons (Fsp3) is 0.150. The van der Waals surface area contributed by atoms with E-state index in [-0.39, 0.29) is 11.6 Å². The maximum atomic E-state index is 12.6. The van der Waals surface area contributed by atoms with Crippen molar-refractivity contribution in [1.82, 2.24) is 9.97 Å². The zero-order valence-corrected chi connectivity index (χ0v) is 15.6. The predicted octanol–water partition coefficient (Wildman–Crippen LogP) is 5.05. The van der Waals surface area contributed by atoms with E-state index in [4.69, 9.17) is 11.6 Å². The second-order valence-corrected chi connectivity index (χ2v) is 6.56. The van der Waals surface area contributed by atoms with E-state index in [0.717, 1.165) is 28.1 Å². The third-order valence-electron chi connectivity index (χ3n) is 3.90. The van der Waals surface area contributed by atoms with Crippen LogP contribution in [0.1, 0.15) is 27.2 Å². The Bertz CT molecular complexity index is 931. The first-order valence-electron chi connectivity index (χ1n) is 8.17. The first-order chi connectivity index (χ1) is 12.4. The lowest BCUT2D eigenvalue weighted by atomic mass is 10.1. The molecule has 1 amide bonds. The van der Waals surface area contributed by atoms with Gasteiger partial charge in [0, 0.05) is 22.6 Å². The molecule has 0 radical (unpaired) electrons. The lowest BCUT2D eigenvalue weighted by molar-refractivity contribution is 0.102. The van der Waals surface area contributed by atoms with Crippen LogP contribution < -0.4 is 10.6 Å². The number of hydrogen-bond donors (Lipinski definition) is 2. The fourth-order valence-corrected chi connectivity index (χ4v) is 2.89. The van der Waals surface area contributed by atoms with Crippen molar-refractivity contribution >= 4 is 34.8 Å². The molecule has 26 heavy (non-hydrogen) atoms. The average Bonchev–Trinajstić information content (AvgIpc) is 2.60. The second-order valence-electron chi connectivity index (χ2n) is 6.13. The molecule has 2 aromatic carbocycles. The van der Waals surface area contributed by atoms with Crippen LogP contribution in [-0.2, 0) is 0 Å². The summed E-state index contributed by atoms with van der Waals surface area (Å²) in [5.74, 6) is 0.0685. The third-order valence-corrected chi connectivity index (χ3v) is 4.16. The van der Waals surface area contributed by atoms with Gasteiger partial charge in [0.15, 0.2) is 0 Å². The van der Waals surface area contributed by atoms with Crippen LogP contribution in [0.25, 0.3) is 0 Å². The van der Waals surface area contributed by atoms with Gasteiger partial charge in [-0.25, -0.2) is 9.97 Å². The maximum absolute atomic E-state index is 12.6. The standard InChI is InChI=1S/C20H19ClN4O/c1-12-10-13(2)18(14(3)11-12)25-19(26)17-8-9-22-20(24-17)23-16-6-4-15(21)5-7-16/h4-11H,1-3H3,(H,25,26)(H,22,23,24). The highest BCUT2D eigenvalue weighted by molar-refractivity contribution is 6.30. The summed E-state index contributed by atoms with van der Waals surface area (Å²) in [4.78, 5) is 21.1. The SMILES string of the molecule is Cc1cc(C)c(NC(=O)c2ccnc(Nc3ccc(Cl)cc3)n2)c(C)c1. The molecule has 0 unspecified atom stereocenters. The first kappa shape index (κ1) is 17.9. The first-order valence-corrected chi connectivity index (χ1v) is 8.55. The number of hydrogen-bond acceptors (Lipinski definition) is 4. The topological polar surface area (TPSA) is 66.9 Å². The van der Waals surface area contributed by atoms with Crippen molar-refractivity contribution in [2.24, 2.45) is 0 Å². The van der Waals surface area contributed by atoms with E-state index in [0.29, 0.717) is 11.0 Å². The molecule has 5 nitrogen and oxygen atoms in total. The largest absolute Gasteiger partial charge is 0.324 e. The smallest absolute Gasteiger partial charge is 0.274 e. The van der Waals surface area contributed by atoms with Gasteiger partial charge in [-0.3, -0.25) is 4.79 Å². The molecule has 0 saturated heterocycles. The minimum atomic E-state index is -0.276. The van der Waals surface area contributed by atoms with Crippen LogP contribution in [0.15, 0.2) is 48.7 Å². The highest BCUT2D eigenvalue weighted by Crippen LogP contribution is 2.23. The number of aryl methyl sites for hydroxylation is 3. The highest BCUT2D eigenvalue weighted by Gasteiger charge is 2.12. The summed E-state index contributed by atoms with van der Waals surface area (Å²) < 4.78 is 0. The van der Waals surface area contributed by atoms with Crippen molar-refractivity contribution < 1.29 is 4.79 Å². The number of amides is 1. The highest BCUT2D eigenvalue weighted by atomic mass is 35.5. The summed E-state index contributed by atoms with van der Waals surface area (Å²) in [6, 6.07) is 12.8. The van der Waals surface area contributed by atoms with E-state index in [1.165, 1.54) is 0 Å². The molecule has 1 heterocycles. The van der Waals surface area contributed by atoms with Gasteiger partial charge in [-0.05, 0) is 62.2 Å². The van der Waals surface area contributed by atoms with Gasteiger partial charge >= 0.3 is 0 Å². The molecule has 0 aliphatic carbocycles. The van der Waals surface area contributed by atoms with Crippen LogP contribution >= 0.6 is 11.6 Å². The Kier molecular flexibility index (Phi) is 5.19. The summed E-state index contributed by atoms with van der Waals surface area (Å²) >= 11 is 5.88. The van der Waals surface area contributed by atoms with Gasteiger partial charge in [0.2, 0.25) is 5.95 Å². The molecule has 0 spiro atoms. The molecule has 2 N–H and O–H groups in total. The normalized spacial score (nSPS) is 10.5. The van der Waals surface area contributed by atoms with Crippen LogP contribution in [0.3, 0.4) is 0 Å². The molecule has 0 aliphatic rings. The number of aromatic nitrogens is 2. The van der Waals surface area contributed by atoms with Gasteiger partial charge in [0.1, 0.15) is 5.69 Å². The Balaban J connectivity index is 1.79. The van der Waals surface area contributed by atoms with Crippen molar-refractivity contribution in [2.45, 2.75) is 20.8 Å². The Hall–Kier alpha value is -2.92. The number of rotatable bonds is 4. The Morgan fingerprint density at radius 1 is 1.00 bits per heavy atom. The quantitative estimate of drug-likeness (QED) is 0.678. The molecule has 1 aromatic heterocycles. The summed E-state index contributed by atoms with van der Waals surface area (Å²) in [5, 5.41) is 6.65. The van der Waals surface area contributed by atoms with Crippen molar-refractivity contribution in [2.75, 3.05) is 10.6 Å². The number of anilines is 3. The van der Waals surface area contributed by atoms with Crippen LogP contribution in [0.4, 0.5) is 17.3 Å². The van der Waals surface area contributed by atoms with Gasteiger partial charge in [0.25, 0.3) is 5.91 Å². The van der Waals surface area contributed by atoms with Crippen LogP contribution in [-0.4, -0.2) is 15.9 Å². The molecule has 3 rings (SSSR count). The Morgan fingerprint density at radius 3 is 2.31 bits per heavy atom. The minimum Gasteiger partial charge on any atom is -0.324 e. The molecule has 0 bridgehead atoms. The lowest BCUT2D eigenvalue weighted by Crippen LogP contribution is -2.16. The van der Waals surface area contributed by atoms with E-state index < -0.39 is 0 Å². The molecule has 6 heteroatoms. The molecule has 0 saturated carbocycles. The van der Waals surface area contributed by atoms with E-state index in [9.17, 15) is 4.79 Å². The van der Waals surface area contributed by atoms with Crippen molar-refractivity contribution in [3.8, 4) is 0 Å². The molecular formula is C20H19ClN4O. The predicted molar refractivity (Wildman–Crippen MR) is 105 cm³/mol. The minimum absolute atomic E-state index is 0.276. The molecule has 3 aromatic rings. The Labute approximate surface area is 157 Å². The number of carbonyl (C=O) groups excluding carboxylic acids is 1. The molecule has 0 fully saturated rings.